The zero-order chi connectivity index (χ0) is 28.6. The van der Waals surface area contributed by atoms with Crippen LogP contribution >= 0.6 is 0 Å². The van der Waals surface area contributed by atoms with E-state index in [4.69, 9.17) is 4.98 Å². The number of nitrogens with zero attached hydrogens (tertiary/aromatic N) is 5. The lowest BCUT2D eigenvalue weighted by Crippen LogP contribution is -2.66. The van der Waals surface area contributed by atoms with Crippen LogP contribution in [0.1, 0.15) is 60.4 Å². The molecule has 8 nitrogen and oxygen atoms in total. The van der Waals surface area contributed by atoms with Gasteiger partial charge in [-0.25, -0.2) is 14.4 Å². The van der Waals surface area contributed by atoms with Gasteiger partial charge in [0.25, 0.3) is 0 Å². The van der Waals surface area contributed by atoms with Gasteiger partial charge in [-0.05, 0) is 52.8 Å². The average molecular weight is 561 g/mol. The fraction of sp³-hybridized carbons (Fsp3) is 0.571. The number of amides is 2. The van der Waals surface area contributed by atoms with Crippen molar-refractivity contribution in [1.29, 1.82) is 0 Å². The molecule has 0 radical (unpaired) electrons. The van der Waals surface area contributed by atoms with Crippen molar-refractivity contribution in [2.24, 2.45) is 5.92 Å². The molecule has 3 fully saturated rings. The van der Waals surface area contributed by atoms with E-state index in [1.54, 1.807) is 13.8 Å². The van der Waals surface area contributed by atoms with Crippen LogP contribution in [-0.4, -0.2) is 75.8 Å². The van der Waals surface area contributed by atoms with Crippen molar-refractivity contribution in [3.8, 4) is 0 Å². The number of aromatic nitrogens is 2. The second-order valence-electron chi connectivity index (χ2n) is 11.7. The number of carbonyl (C=O) groups is 2. The largest absolute Gasteiger partial charge is 0.419 e. The first kappa shape index (κ1) is 26.9. The third-order valence-corrected chi connectivity index (χ3v) is 8.73. The number of benzene rings is 1. The van der Waals surface area contributed by atoms with Crippen molar-refractivity contribution < 1.29 is 27.2 Å². The minimum atomic E-state index is -4.82. The van der Waals surface area contributed by atoms with Gasteiger partial charge in [0.15, 0.2) is 0 Å². The summed E-state index contributed by atoms with van der Waals surface area (Å²) in [6.07, 6.45) is -2.41. The molecule has 12 heteroatoms. The number of hydrogen-bond acceptors (Lipinski definition) is 6. The molecule has 6 rings (SSSR count). The molecule has 3 aliphatic heterocycles. The number of hydrogen-bond donors (Lipinski definition) is 1. The van der Waals surface area contributed by atoms with Gasteiger partial charge in [-0.1, -0.05) is 12.1 Å². The zero-order valence-electron chi connectivity index (χ0n) is 22.7. The molecule has 1 aliphatic carbocycles. The molecule has 1 aromatic heterocycles. The molecule has 1 spiro atoms. The molecular weight excluding hydrogens is 528 g/mol. The Bertz CT molecular complexity index is 1370. The van der Waals surface area contributed by atoms with Crippen LogP contribution in [-0.2, 0) is 27.7 Å². The first-order valence-electron chi connectivity index (χ1n) is 13.7. The summed E-state index contributed by atoms with van der Waals surface area (Å²) < 4.78 is 55.1. The van der Waals surface area contributed by atoms with Crippen molar-refractivity contribution in [2.45, 2.75) is 63.3 Å². The monoisotopic (exact) mass is 560 g/mol. The topological polar surface area (TPSA) is 81.7 Å². The number of likely N-dealkylation sites (N-methyl/N-ethyl adjacent to an activating group) is 1. The number of likely N-dealkylation sites (tertiary alicyclic amines) is 2. The van der Waals surface area contributed by atoms with Gasteiger partial charge in [0.1, 0.15) is 22.9 Å². The Morgan fingerprint density at radius 3 is 2.55 bits per heavy atom. The highest BCUT2D eigenvalue weighted by atomic mass is 19.4. The molecule has 1 unspecified atom stereocenters. The van der Waals surface area contributed by atoms with Gasteiger partial charge in [0.05, 0.1) is 29.9 Å². The van der Waals surface area contributed by atoms with E-state index >= 15 is 0 Å². The van der Waals surface area contributed by atoms with Gasteiger partial charge in [0, 0.05) is 36.7 Å². The minimum Gasteiger partial charge on any atom is -0.363 e. The standard InChI is InChI=1S/C28H32F4N6O2/c1-15(19-5-4-6-21(22(19)29)28(30,31)32)33-24-20-13-38(18-11-37(12-18)25(39)17-7-8-17)26(40)27(9-10-36(3)14-27)23(20)34-16(2)35-24/h4-6,15,17-18H,7-14H2,1-3H3,(H,33,34,35)/t15-,27?/m1/s1. The Morgan fingerprint density at radius 1 is 1.20 bits per heavy atom. The quantitative estimate of drug-likeness (QED) is 0.563. The number of alkyl halides is 3. The van der Waals surface area contributed by atoms with Crippen LogP contribution < -0.4 is 5.32 Å². The van der Waals surface area contributed by atoms with E-state index in [-0.39, 0.29) is 35.9 Å². The Hall–Kier alpha value is -3.28. The van der Waals surface area contributed by atoms with Crippen LogP contribution in [0.15, 0.2) is 18.2 Å². The smallest absolute Gasteiger partial charge is 0.363 e. The Balaban J connectivity index is 1.35. The highest BCUT2D eigenvalue weighted by molar-refractivity contribution is 5.92. The Kier molecular flexibility index (Phi) is 6.32. The fourth-order valence-corrected chi connectivity index (χ4v) is 6.35. The number of anilines is 1. The summed E-state index contributed by atoms with van der Waals surface area (Å²) in [6, 6.07) is 2.26. The summed E-state index contributed by atoms with van der Waals surface area (Å²) >= 11 is 0. The van der Waals surface area contributed by atoms with E-state index in [2.05, 4.69) is 15.2 Å². The second-order valence-corrected chi connectivity index (χ2v) is 11.7. The number of halogens is 4. The van der Waals surface area contributed by atoms with E-state index in [1.165, 1.54) is 12.1 Å². The summed E-state index contributed by atoms with van der Waals surface area (Å²) in [5.74, 6) is -0.293. The third kappa shape index (κ3) is 4.40. The molecule has 4 heterocycles. The molecule has 4 aliphatic rings. The van der Waals surface area contributed by atoms with Crippen molar-refractivity contribution >= 4 is 17.6 Å². The molecular formula is C28H32F4N6O2. The molecule has 2 amide bonds. The van der Waals surface area contributed by atoms with E-state index < -0.39 is 29.0 Å². The van der Waals surface area contributed by atoms with Crippen molar-refractivity contribution in [3.05, 3.63) is 52.2 Å². The SMILES string of the molecule is Cc1nc(N[C@H](C)c2cccc(C(F)(F)F)c2F)c2c(n1)C1(CCN(C)C1)C(=O)N(C1CN(C(=O)C3CC3)C1)C2. The van der Waals surface area contributed by atoms with Crippen molar-refractivity contribution in [3.63, 3.8) is 0 Å². The molecule has 2 aromatic rings. The lowest BCUT2D eigenvalue weighted by atomic mass is 9.76. The zero-order valence-corrected chi connectivity index (χ0v) is 22.7. The normalized spacial score (nSPS) is 24.3. The van der Waals surface area contributed by atoms with Gasteiger partial charge in [0.2, 0.25) is 11.8 Å². The lowest BCUT2D eigenvalue weighted by molar-refractivity contribution is -0.152. The number of nitrogens with one attached hydrogen (secondary N) is 1. The maximum Gasteiger partial charge on any atom is 0.419 e. The lowest BCUT2D eigenvalue weighted by Gasteiger charge is -2.50. The molecule has 1 N–H and O–H groups in total. The molecule has 2 atom stereocenters. The number of rotatable bonds is 5. The first-order chi connectivity index (χ1) is 18.9. The summed E-state index contributed by atoms with van der Waals surface area (Å²) in [5.41, 5.74) is -1.04. The summed E-state index contributed by atoms with van der Waals surface area (Å²) in [5, 5.41) is 3.15. The van der Waals surface area contributed by atoms with Gasteiger partial charge in [-0.3, -0.25) is 9.59 Å². The predicted molar refractivity (Wildman–Crippen MR) is 138 cm³/mol. The summed E-state index contributed by atoms with van der Waals surface area (Å²) in [4.78, 5) is 41.7. The van der Waals surface area contributed by atoms with Crippen LogP contribution in [0.25, 0.3) is 0 Å². The van der Waals surface area contributed by atoms with E-state index in [0.29, 0.717) is 55.5 Å². The molecule has 214 valence electrons. The van der Waals surface area contributed by atoms with Crippen LogP contribution in [0.5, 0.6) is 0 Å². The van der Waals surface area contributed by atoms with Crippen LogP contribution in [0.3, 0.4) is 0 Å². The van der Waals surface area contributed by atoms with Crippen LogP contribution in [0.2, 0.25) is 0 Å². The maximum atomic E-state index is 15.0. The van der Waals surface area contributed by atoms with Gasteiger partial charge in [-0.15, -0.1) is 0 Å². The van der Waals surface area contributed by atoms with Crippen LogP contribution in [0.4, 0.5) is 23.4 Å². The number of fused-ring (bicyclic) bond motifs is 2. The molecule has 40 heavy (non-hydrogen) atoms. The number of aryl methyl sites for hydroxylation is 1. The van der Waals surface area contributed by atoms with Crippen molar-refractivity contribution in [2.75, 3.05) is 38.5 Å². The van der Waals surface area contributed by atoms with Gasteiger partial charge in [-0.2, -0.15) is 13.2 Å². The predicted octanol–water partition coefficient (Wildman–Crippen LogP) is 3.65. The van der Waals surface area contributed by atoms with Crippen LogP contribution in [0, 0.1) is 18.7 Å². The molecule has 1 saturated carbocycles. The third-order valence-electron chi connectivity index (χ3n) is 8.73. The van der Waals surface area contributed by atoms with Crippen molar-refractivity contribution in [1.82, 2.24) is 24.7 Å². The Morgan fingerprint density at radius 2 is 1.93 bits per heavy atom. The Labute approximate surface area is 229 Å². The minimum absolute atomic E-state index is 0.0195. The highest BCUT2D eigenvalue weighted by Gasteiger charge is 2.55. The molecule has 2 saturated heterocycles. The average Bonchev–Trinajstić information content (AvgIpc) is 3.63. The summed E-state index contributed by atoms with van der Waals surface area (Å²) in [6.45, 7) is 5.62. The van der Waals surface area contributed by atoms with E-state index in [0.717, 1.165) is 18.9 Å². The van der Waals surface area contributed by atoms with E-state index in [1.807, 2.05) is 16.8 Å². The number of carbonyl (C=O) groups excluding carboxylic acids is 2. The summed E-state index contributed by atoms with van der Waals surface area (Å²) in [7, 11) is 1.95. The first-order valence-corrected chi connectivity index (χ1v) is 13.7. The van der Waals surface area contributed by atoms with Gasteiger partial charge < -0.3 is 20.0 Å². The second kappa shape index (κ2) is 9.39. The van der Waals surface area contributed by atoms with Gasteiger partial charge >= 0.3 is 6.18 Å². The molecule has 0 bridgehead atoms. The maximum absolute atomic E-state index is 15.0. The fourth-order valence-electron chi connectivity index (χ4n) is 6.35. The van der Waals surface area contributed by atoms with E-state index in [9.17, 15) is 27.2 Å². The highest BCUT2D eigenvalue weighted by Crippen LogP contribution is 2.45. The molecule has 1 aromatic carbocycles.